The Kier molecular flexibility index (Phi) is 25.5. The van der Waals surface area contributed by atoms with Crippen molar-refractivity contribution in [1.82, 2.24) is 13.7 Å². The average Bonchev–Trinajstić information content (AvgIpc) is 2.87. The molecule has 0 aliphatic rings. The Morgan fingerprint density at radius 2 is 0.974 bits per heavy atom. The van der Waals surface area contributed by atoms with Gasteiger partial charge in [-0.05, 0) is 44.9 Å². The fourth-order valence-corrected chi connectivity index (χ4v) is 3.82. The summed E-state index contributed by atoms with van der Waals surface area (Å²) in [4.78, 5) is 66.3. The topological polar surface area (TPSA) is 158 Å². The van der Waals surface area contributed by atoms with Crippen molar-refractivity contribution in [2.75, 3.05) is 19.7 Å². The fraction of sp³-hybridized carbons (Fsp3) is 0.760. The molecule has 0 unspecified atom stereocenters. The number of nitrogens with zero attached hydrogens (tertiary/aromatic N) is 6. The van der Waals surface area contributed by atoms with E-state index < -0.39 is 17.1 Å². The Hall–Kier alpha value is -1.90. The summed E-state index contributed by atoms with van der Waals surface area (Å²) in [5, 5.41) is 8.39. The largest absolute Gasteiger partial charge is 1.00 e. The first-order valence-corrected chi connectivity index (χ1v) is 12.6. The number of hydrogen-bond acceptors (Lipinski definition) is 9. The van der Waals surface area contributed by atoms with Crippen LogP contribution in [0, 0.1) is 11.5 Å². The van der Waals surface area contributed by atoms with E-state index in [1.165, 1.54) is 12.2 Å². The second-order valence-electron chi connectivity index (χ2n) is 8.43. The van der Waals surface area contributed by atoms with Crippen molar-refractivity contribution in [3.63, 3.8) is 0 Å². The zero-order chi connectivity index (χ0) is 26.4. The van der Waals surface area contributed by atoms with Crippen LogP contribution in [-0.4, -0.2) is 45.6 Å². The van der Waals surface area contributed by atoms with Gasteiger partial charge in [-0.15, -0.1) is 0 Å². The number of rotatable bonds is 21. The predicted molar refractivity (Wildman–Crippen MR) is 140 cm³/mol. The molecule has 0 N–H and O–H groups in total. The van der Waals surface area contributed by atoms with Gasteiger partial charge in [0.15, 0.2) is 0 Å². The monoisotopic (exact) mass is 562 g/mol. The molecule has 0 aromatic carbocycles. The normalized spacial score (nSPS) is 9.76. The molecule has 0 saturated heterocycles. The van der Waals surface area contributed by atoms with Gasteiger partial charge in [0.2, 0.25) is 12.2 Å². The van der Waals surface area contributed by atoms with E-state index in [1.807, 2.05) is 0 Å². The van der Waals surface area contributed by atoms with Gasteiger partial charge < -0.3 is 6.16 Å². The Morgan fingerprint density at radius 3 is 1.32 bits per heavy atom. The van der Waals surface area contributed by atoms with Gasteiger partial charge in [0.05, 0.1) is 13.1 Å². The molecule has 0 aliphatic heterocycles. The van der Waals surface area contributed by atoms with Crippen LogP contribution in [0.4, 0.5) is 0 Å². The van der Waals surface area contributed by atoms with Gasteiger partial charge in [-0.3, -0.25) is 0 Å². The number of isocyanates is 2. The SMILES string of the molecule is C.N#COCCCCCCn1c(=O)n(CCCCCCN=C=O)c(=O)n(CCCCCCN=C=O)c1=O.[3H-].[K+]. The van der Waals surface area contributed by atoms with Gasteiger partial charge in [0.25, 0.3) is 6.26 Å². The molecule has 38 heavy (non-hydrogen) atoms. The predicted octanol–water partition coefficient (Wildman–Crippen LogP) is -0.225. The van der Waals surface area contributed by atoms with Crippen LogP contribution in [0.5, 0.6) is 0 Å². The van der Waals surface area contributed by atoms with Gasteiger partial charge in [-0.2, -0.15) is 5.26 Å². The van der Waals surface area contributed by atoms with E-state index in [2.05, 4.69) is 14.7 Å². The van der Waals surface area contributed by atoms with Crippen LogP contribution in [0.25, 0.3) is 0 Å². The van der Waals surface area contributed by atoms with Crippen LogP contribution < -0.4 is 68.5 Å². The Balaban J connectivity index is -0.00000432. The third-order valence-corrected chi connectivity index (χ3v) is 5.76. The van der Waals surface area contributed by atoms with Crippen LogP contribution in [-0.2, 0) is 34.0 Å². The first-order chi connectivity index (χ1) is 17.6. The maximum absolute atomic E-state index is 13.0. The minimum atomic E-state index is -0.592. The summed E-state index contributed by atoms with van der Waals surface area (Å²) in [6, 6.07) is 0. The van der Waals surface area contributed by atoms with Crippen molar-refractivity contribution in [3.8, 4) is 6.26 Å². The molecule has 1 rings (SSSR count). The molecule has 0 fully saturated rings. The van der Waals surface area contributed by atoms with Crippen molar-refractivity contribution >= 4 is 12.2 Å². The summed E-state index contributed by atoms with van der Waals surface area (Å²) < 4.78 is 8.07. The number of ether oxygens (including phenoxy) is 1. The van der Waals surface area contributed by atoms with Crippen LogP contribution in [0.3, 0.4) is 0 Å². The fourth-order valence-electron chi connectivity index (χ4n) is 3.82. The molecule has 1 heterocycles. The Labute approximate surface area is 267 Å². The maximum Gasteiger partial charge on any atom is 1.00 e. The van der Waals surface area contributed by atoms with Crippen molar-refractivity contribution in [2.45, 2.75) is 104 Å². The number of nitriles is 1. The van der Waals surface area contributed by atoms with Gasteiger partial charge in [-0.1, -0.05) is 39.5 Å². The van der Waals surface area contributed by atoms with Gasteiger partial charge in [0.1, 0.15) is 6.61 Å². The molecule has 0 saturated carbocycles. The molecule has 0 radical (unpaired) electrons. The summed E-state index contributed by atoms with van der Waals surface area (Å²) in [5.74, 6) is 0. The molecule has 0 bridgehead atoms. The summed E-state index contributed by atoms with van der Waals surface area (Å²) in [6.07, 6.45) is 13.2. The molecule has 12 nitrogen and oxygen atoms in total. The quantitative estimate of drug-likeness (QED) is 0.0658. The molecule has 0 aliphatic carbocycles. The molecular weight excluding hydrogens is 519 g/mol. The molecule has 1 aromatic heterocycles. The van der Waals surface area contributed by atoms with Gasteiger partial charge in [-0.25, -0.2) is 47.7 Å². The van der Waals surface area contributed by atoms with E-state index in [-0.39, 0.29) is 79.9 Å². The number of unbranched alkanes of at least 4 members (excludes halogenated alkanes) is 9. The van der Waals surface area contributed by atoms with Crippen LogP contribution >= 0.6 is 0 Å². The van der Waals surface area contributed by atoms with Crippen molar-refractivity contribution in [3.05, 3.63) is 31.5 Å². The third kappa shape index (κ3) is 15.5. The first-order valence-electron chi connectivity index (χ1n) is 12.6. The molecule has 0 amide bonds. The molecule has 0 atom stereocenters. The van der Waals surface area contributed by atoms with E-state index in [0.717, 1.165) is 65.1 Å². The van der Waals surface area contributed by atoms with Crippen molar-refractivity contribution in [2.24, 2.45) is 9.98 Å². The molecule has 0 spiro atoms. The molecule has 13 heteroatoms. The van der Waals surface area contributed by atoms with E-state index in [0.29, 0.717) is 45.4 Å². The number of hydrogen-bond donors (Lipinski definition) is 0. The third-order valence-electron chi connectivity index (χ3n) is 5.76. The summed E-state index contributed by atoms with van der Waals surface area (Å²) in [6.45, 7) is 1.80. The van der Waals surface area contributed by atoms with E-state index in [4.69, 9.17) is 5.26 Å². The number of carbonyl (C=O) groups excluding carboxylic acids is 2. The zero-order valence-corrected chi connectivity index (χ0v) is 25.0. The summed E-state index contributed by atoms with van der Waals surface area (Å²) in [5.41, 5.74) is -1.77. The Morgan fingerprint density at radius 1 is 0.632 bits per heavy atom. The Bertz CT molecular complexity index is 1030. The molecule has 208 valence electrons. The number of aromatic nitrogens is 3. The standard InChI is InChI=1S/C24H36N6O6.CH4.K.H/c25-19-36-18-12-6-5-11-17-30-23(34)28(15-9-3-1-7-13-26-20-31)22(33)29(24(30)35)16-10-4-2-8-14-27-21-32;;;/h1-18H2;1H4;;/q;;+1;-1/i;;;1+2. The van der Waals surface area contributed by atoms with E-state index in [9.17, 15) is 24.0 Å². The van der Waals surface area contributed by atoms with E-state index >= 15 is 0 Å². The smallest absolute Gasteiger partial charge is 1.00 e. The zero-order valence-electron chi connectivity index (χ0n) is 22.9. The van der Waals surface area contributed by atoms with E-state index in [1.54, 1.807) is 6.26 Å². The van der Waals surface area contributed by atoms with Crippen molar-refractivity contribution < 1.29 is 67.1 Å². The second kappa shape index (κ2) is 25.4. The number of aliphatic imine (C=N–C) groups is 2. The van der Waals surface area contributed by atoms with Gasteiger partial charge >= 0.3 is 68.5 Å². The minimum Gasteiger partial charge on any atom is -1.00 e. The summed E-state index contributed by atoms with van der Waals surface area (Å²) >= 11 is 0. The average molecular weight is 563 g/mol. The minimum absolute atomic E-state index is 0. The first kappa shape index (κ1) is 38.2. The van der Waals surface area contributed by atoms with Crippen LogP contribution in [0.2, 0.25) is 0 Å². The second-order valence-corrected chi connectivity index (χ2v) is 8.43. The summed E-state index contributed by atoms with van der Waals surface area (Å²) in [7, 11) is 0. The molecule has 1 aromatic rings. The molecular formula is C25H41KN6O6. The van der Waals surface area contributed by atoms with Gasteiger partial charge in [0, 0.05) is 19.6 Å². The van der Waals surface area contributed by atoms with Crippen LogP contribution in [0.1, 0.15) is 85.9 Å². The maximum atomic E-state index is 13.0. The van der Waals surface area contributed by atoms with Crippen molar-refractivity contribution in [1.29, 1.82) is 5.26 Å². The van der Waals surface area contributed by atoms with Crippen LogP contribution in [0.15, 0.2) is 24.4 Å².